The Balaban J connectivity index is 0.858. The van der Waals surface area contributed by atoms with Crippen LogP contribution in [0.4, 0.5) is 34.1 Å². The van der Waals surface area contributed by atoms with E-state index in [-0.39, 0.29) is 0 Å². The maximum Gasteiger partial charge on any atom is 0.135 e. The van der Waals surface area contributed by atoms with E-state index in [0.29, 0.717) is 0 Å². The summed E-state index contributed by atoms with van der Waals surface area (Å²) in [7, 11) is 0. The number of anilines is 6. The normalized spacial score (nSPS) is 12.1. The summed E-state index contributed by atoms with van der Waals surface area (Å²) in [6.07, 6.45) is 0. The molecule has 0 bridgehead atoms. The minimum Gasteiger partial charge on any atom is -0.456 e. The van der Waals surface area contributed by atoms with Crippen molar-refractivity contribution in [2.24, 2.45) is 0 Å². The highest BCUT2D eigenvalue weighted by molar-refractivity contribution is 6.32. The van der Waals surface area contributed by atoms with E-state index >= 15 is 0 Å². The van der Waals surface area contributed by atoms with Crippen LogP contribution in [0, 0.1) is 0 Å². The van der Waals surface area contributed by atoms with Crippen molar-refractivity contribution in [3.63, 3.8) is 0 Å². The standard InChI is InChI=1S/C82H50N4O2/c1-7-23-51(24-8-1)75-49-63-73(87-75)45-43-67(77(63)53-27-11-3-12-28-53)83(55-31-15-5-16-32-55)69-41-39-57-61-47-72-62(48-71(61)85-65-37-21-19-35-59(65)79(69)81(57)85)58-40-42-70(80-60-36-20-22-38-66(60)86(72)82(58)80)84(56-33-17-6-18-34-56)68-44-46-74-64(78(68)54-29-13-4-14-30-54)50-76(88-74)52-25-9-2-10-26-52/h1-50H. The van der Waals surface area contributed by atoms with Gasteiger partial charge in [0.1, 0.15) is 22.7 Å². The van der Waals surface area contributed by atoms with Crippen LogP contribution < -0.4 is 9.80 Å². The molecule has 0 fully saturated rings. The predicted molar refractivity (Wildman–Crippen MR) is 366 cm³/mol. The molecule has 88 heavy (non-hydrogen) atoms. The number of rotatable bonds is 10. The third kappa shape index (κ3) is 6.99. The summed E-state index contributed by atoms with van der Waals surface area (Å²) < 4.78 is 18.5. The van der Waals surface area contributed by atoms with Gasteiger partial charge in [0.15, 0.2) is 0 Å². The van der Waals surface area contributed by atoms with Gasteiger partial charge in [0.25, 0.3) is 0 Å². The average molecular weight is 1120 g/mol. The van der Waals surface area contributed by atoms with Gasteiger partial charge in [-0.15, -0.1) is 0 Å². The fraction of sp³-hybridized carbons (Fsp3) is 0. The van der Waals surface area contributed by atoms with Crippen molar-refractivity contribution >= 4 is 132 Å². The Hall–Kier alpha value is -11.9. The van der Waals surface area contributed by atoms with Gasteiger partial charge in [-0.3, -0.25) is 0 Å². The highest BCUT2D eigenvalue weighted by Gasteiger charge is 2.31. The van der Waals surface area contributed by atoms with Gasteiger partial charge >= 0.3 is 0 Å². The minimum absolute atomic E-state index is 0.839. The number of benzene rings is 13. The third-order valence-electron chi connectivity index (χ3n) is 18.4. The molecule has 0 radical (unpaired) electrons. The zero-order valence-corrected chi connectivity index (χ0v) is 47.5. The van der Waals surface area contributed by atoms with Crippen molar-refractivity contribution in [2.75, 3.05) is 9.80 Å². The third-order valence-corrected chi connectivity index (χ3v) is 18.4. The summed E-state index contributed by atoms with van der Waals surface area (Å²) >= 11 is 0. The molecule has 0 saturated carbocycles. The Labute approximate surface area is 505 Å². The Bertz CT molecular complexity index is 5540. The molecule has 19 rings (SSSR count). The van der Waals surface area contributed by atoms with Gasteiger partial charge in [0.05, 0.1) is 55.8 Å². The molecule has 6 heterocycles. The van der Waals surface area contributed by atoms with Crippen LogP contribution in [-0.4, -0.2) is 8.80 Å². The first-order valence-corrected chi connectivity index (χ1v) is 30.1. The Kier molecular flexibility index (Phi) is 10.4. The monoisotopic (exact) mass is 1120 g/mol. The van der Waals surface area contributed by atoms with Gasteiger partial charge in [-0.2, -0.15) is 0 Å². The summed E-state index contributed by atoms with van der Waals surface area (Å²) in [6.45, 7) is 0. The van der Waals surface area contributed by atoms with Crippen LogP contribution in [0.2, 0.25) is 0 Å². The largest absolute Gasteiger partial charge is 0.456 e. The minimum atomic E-state index is 0.839. The molecule has 0 aliphatic carbocycles. The lowest BCUT2D eigenvalue weighted by Crippen LogP contribution is -2.11. The lowest BCUT2D eigenvalue weighted by Gasteiger charge is -2.29. The fourth-order valence-electron chi connectivity index (χ4n) is 14.7. The van der Waals surface area contributed by atoms with Crippen molar-refractivity contribution < 1.29 is 8.83 Å². The van der Waals surface area contributed by atoms with E-state index in [1.54, 1.807) is 0 Å². The number of hydrogen-bond donors (Lipinski definition) is 0. The Morgan fingerprint density at radius 2 is 0.580 bits per heavy atom. The lowest BCUT2D eigenvalue weighted by atomic mass is 9.96. The number of furan rings is 2. The summed E-state index contributed by atoms with van der Waals surface area (Å²) in [4.78, 5) is 4.95. The summed E-state index contributed by atoms with van der Waals surface area (Å²) in [5.74, 6) is 1.68. The molecule has 6 nitrogen and oxygen atoms in total. The number of para-hydroxylation sites is 4. The summed E-state index contributed by atoms with van der Waals surface area (Å²) in [6, 6.07) is 110. The molecule has 0 aliphatic rings. The van der Waals surface area contributed by atoms with Crippen LogP contribution in [-0.2, 0) is 0 Å². The van der Waals surface area contributed by atoms with Gasteiger partial charge < -0.3 is 27.4 Å². The first kappa shape index (κ1) is 48.5. The Morgan fingerprint density at radius 3 is 0.977 bits per heavy atom. The fourth-order valence-corrected chi connectivity index (χ4v) is 14.7. The molecular formula is C82H50N4O2. The molecule has 0 amide bonds. The van der Waals surface area contributed by atoms with Gasteiger partial charge in [-0.25, -0.2) is 0 Å². The molecule has 0 spiro atoms. The van der Waals surface area contributed by atoms with E-state index in [1.807, 2.05) is 12.1 Å². The molecule has 0 saturated heterocycles. The SMILES string of the molecule is c1ccc(-c2cc3c(-c4ccccc4)c(N(c4ccccc4)c4ccc5c6cc7c(cc6n6c8ccccc8c4c56)c4ccc(N(c5ccccc5)c5ccc6oc(-c8ccccc8)cc6c5-c5ccccc5)c5c6ccccc6n7c45)ccc3o2)cc1. The highest BCUT2D eigenvalue weighted by Crippen LogP contribution is 2.54. The van der Waals surface area contributed by atoms with Crippen molar-refractivity contribution in [3.8, 4) is 44.9 Å². The van der Waals surface area contributed by atoms with Gasteiger partial charge in [0.2, 0.25) is 0 Å². The number of hydrogen-bond acceptors (Lipinski definition) is 4. The molecule has 13 aromatic carbocycles. The quantitative estimate of drug-likeness (QED) is 0.137. The van der Waals surface area contributed by atoms with Crippen LogP contribution in [0.25, 0.3) is 143 Å². The van der Waals surface area contributed by atoms with Crippen molar-refractivity contribution in [3.05, 3.63) is 303 Å². The molecular weight excluding hydrogens is 1070 g/mol. The number of aromatic nitrogens is 2. The smallest absolute Gasteiger partial charge is 0.135 e. The maximum atomic E-state index is 6.71. The second-order valence-corrected chi connectivity index (χ2v) is 23.1. The lowest BCUT2D eigenvalue weighted by molar-refractivity contribution is 0.631. The van der Waals surface area contributed by atoms with E-state index in [0.717, 1.165) is 101 Å². The van der Waals surface area contributed by atoms with Crippen molar-refractivity contribution in [1.82, 2.24) is 8.80 Å². The van der Waals surface area contributed by atoms with Gasteiger partial charge in [-0.05, 0) is 108 Å². The first-order chi connectivity index (χ1) is 43.7. The number of nitrogens with zero attached hydrogens (tertiary/aromatic N) is 4. The van der Waals surface area contributed by atoms with Crippen LogP contribution >= 0.6 is 0 Å². The Morgan fingerprint density at radius 1 is 0.239 bits per heavy atom. The predicted octanol–water partition coefficient (Wildman–Crippen LogP) is 23.1. The zero-order valence-electron chi connectivity index (χ0n) is 47.5. The second-order valence-electron chi connectivity index (χ2n) is 23.1. The van der Waals surface area contributed by atoms with Gasteiger partial charge in [0, 0.05) is 87.5 Å². The van der Waals surface area contributed by atoms with E-state index in [2.05, 4.69) is 310 Å². The molecule has 0 unspecified atom stereocenters. The highest BCUT2D eigenvalue weighted by atomic mass is 16.3. The molecule has 0 atom stereocenters. The van der Waals surface area contributed by atoms with Crippen LogP contribution in [0.15, 0.2) is 312 Å². The zero-order chi connectivity index (χ0) is 57.6. The van der Waals surface area contributed by atoms with E-state index in [4.69, 9.17) is 8.83 Å². The molecule has 6 aromatic heterocycles. The van der Waals surface area contributed by atoms with Crippen LogP contribution in [0.3, 0.4) is 0 Å². The molecule has 6 heteroatoms. The maximum absolute atomic E-state index is 6.71. The average Bonchev–Trinajstić information content (AvgIpc) is 1.69. The molecule has 0 N–H and O–H groups in total. The molecule has 410 valence electrons. The molecule has 0 aliphatic heterocycles. The van der Waals surface area contributed by atoms with E-state index in [1.165, 1.54) is 76.2 Å². The second kappa shape index (κ2) is 18.8. The summed E-state index contributed by atoms with van der Waals surface area (Å²) in [5, 5.41) is 11.7. The first-order valence-electron chi connectivity index (χ1n) is 30.1. The molecule has 19 aromatic rings. The van der Waals surface area contributed by atoms with Gasteiger partial charge in [-0.1, -0.05) is 206 Å². The van der Waals surface area contributed by atoms with E-state index < -0.39 is 0 Å². The van der Waals surface area contributed by atoms with Crippen molar-refractivity contribution in [1.29, 1.82) is 0 Å². The van der Waals surface area contributed by atoms with Crippen molar-refractivity contribution in [2.45, 2.75) is 0 Å². The van der Waals surface area contributed by atoms with Crippen LogP contribution in [0.5, 0.6) is 0 Å². The van der Waals surface area contributed by atoms with E-state index in [9.17, 15) is 0 Å². The topological polar surface area (TPSA) is 41.6 Å². The summed E-state index contributed by atoms with van der Waals surface area (Å²) in [5.41, 5.74) is 21.7. The number of fused-ring (bicyclic) bond motifs is 14. The van der Waals surface area contributed by atoms with Crippen LogP contribution in [0.1, 0.15) is 0 Å².